The normalized spacial score (nSPS) is 16.7. The fraction of sp³-hybridized carbons (Fsp3) is 0.278. The van der Waals surface area contributed by atoms with E-state index in [1.54, 1.807) is 7.11 Å². The Morgan fingerprint density at radius 2 is 2.00 bits per heavy atom. The molecule has 0 saturated heterocycles. The molecule has 1 aliphatic rings. The number of benzene rings is 2. The van der Waals surface area contributed by atoms with Gasteiger partial charge in [0.05, 0.1) is 13.7 Å². The van der Waals surface area contributed by atoms with E-state index in [1.807, 2.05) is 24.3 Å². The van der Waals surface area contributed by atoms with Crippen LogP contribution in [0.2, 0.25) is 0 Å². The lowest BCUT2D eigenvalue weighted by atomic mass is 10.00. The van der Waals surface area contributed by atoms with Crippen LogP contribution in [0.15, 0.2) is 48.5 Å². The number of hydrogen-bond donors (Lipinski definition) is 2. The number of anilines is 1. The maximum Gasteiger partial charge on any atom is 0.279 e. The van der Waals surface area contributed by atoms with Crippen molar-refractivity contribution in [3.05, 3.63) is 59.7 Å². The molecule has 0 aliphatic carbocycles. The number of ether oxygens (including phenoxy) is 1. The molecule has 1 atom stereocenters. The van der Waals surface area contributed by atoms with Gasteiger partial charge in [0, 0.05) is 23.7 Å². The highest BCUT2D eigenvalue weighted by Gasteiger charge is 2.21. The van der Waals surface area contributed by atoms with E-state index in [0.717, 1.165) is 30.9 Å². The molecule has 114 valence electrons. The van der Waals surface area contributed by atoms with Gasteiger partial charge in [-0.15, -0.1) is 0 Å². The van der Waals surface area contributed by atoms with E-state index in [1.165, 1.54) is 16.0 Å². The summed E-state index contributed by atoms with van der Waals surface area (Å²) in [6.07, 6.45) is 1.04. The first-order valence-corrected chi connectivity index (χ1v) is 7.59. The first-order chi connectivity index (χ1) is 10.7. The highest BCUT2D eigenvalue weighted by Crippen LogP contribution is 2.16. The molecule has 0 fully saturated rings. The summed E-state index contributed by atoms with van der Waals surface area (Å²) < 4.78 is 5.17. The van der Waals surface area contributed by atoms with E-state index < -0.39 is 0 Å². The minimum absolute atomic E-state index is 0.0441. The average molecular weight is 297 g/mol. The van der Waals surface area contributed by atoms with Gasteiger partial charge < -0.3 is 15.0 Å². The summed E-state index contributed by atoms with van der Waals surface area (Å²) in [5.74, 6) is 0.791. The molecule has 2 aromatic rings. The number of carbonyl (C=O) groups is 1. The second-order valence-corrected chi connectivity index (χ2v) is 5.65. The summed E-state index contributed by atoms with van der Waals surface area (Å²) in [6.45, 7) is 2.41. The number of rotatable bonds is 4. The molecule has 0 saturated carbocycles. The van der Waals surface area contributed by atoms with Crippen LogP contribution in [0.1, 0.15) is 11.1 Å². The van der Waals surface area contributed by atoms with Crippen molar-refractivity contribution in [1.82, 2.24) is 0 Å². The molecule has 0 radical (unpaired) electrons. The third kappa shape index (κ3) is 3.46. The molecular weight excluding hydrogens is 276 g/mol. The molecule has 1 aliphatic heterocycles. The van der Waals surface area contributed by atoms with E-state index in [4.69, 9.17) is 4.74 Å². The van der Waals surface area contributed by atoms with E-state index in [0.29, 0.717) is 6.54 Å². The van der Waals surface area contributed by atoms with Crippen LogP contribution < -0.4 is 15.0 Å². The number of methoxy groups -OCH3 is 1. The van der Waals surface area contributed by atoms with Gasteiger partial charge in [0.25, 0.3) is 5.91 Å². The van der Waals surface area contributed by atoms with Crippen molar-refractivity contribution in [3.63, 3.8) is 0 Å². The molecule has 1 heterocycles. The summed E-state index contributed by atoms with van der Waals surface area (Å²) in [4.78, 5) is 13.5. The van der Waals surface area contributed by atoms with Gasteiger partial charge in [-0.2, -0.15) is 0 Å². The van der Waals surface area contributed by atoms with Crippen LogP contribution in [0.4, 0.5) is 5.69 Å². The number of amides is 1. The molecule has 1 unspecified atom stereocenters. The Kier molecular flexibility index (Phi) is 4.39. The number of fused-ring (bicyclic) bond motifs is 1. The summed E-state index contributed by atoms with van der Waals surface area (Å²) in [6, 6.07) is 15.9. The van der Waals surface area contributed by atoms with Crippen molar-refractivity contribution < 1.29 is 14.4 Å². The molecule has 4 heteroatoms. The van der Waals surface area contributed by atoms with E-state index in [2.05, 4.69) is 29.6 Å². The second kappa shape index (κ2) is 6.62. The van der Waals surface area contributed by atoms with Crippen LogP contribution >= 0.6 is 0 Å². The van der Waals surface area contributed by atoms with Crippen LogP contribution in [-0.4, -0.2) is 26.1 Å². The van der Waals surface area contributed by atoms with Gasteiger partial charge in [-0.05, 0) is 17.7 Å². The highest BCUT2D eigenvalue weighted by molar-refractivity contribution is 5.91. The minimum atomic E-state index is 0.0441. The predicted octanol–water partition coefficient (Wildman–Crippen LogP) is 1.27. The first-order valence-electron chi connectivity index (χ1n) is 7.59. The summed E-state index contributed by atoms with van der Waals surface area (Å²) >= 11 is 0. The first kappa shape index (κ1) is 14.6. The van der Waals surface area contributed by atoms with Crippen LogP contribution in [0.5, 0.6) is 5.75 Å². The fourth-order valence-corrected chi connectivity index (χ4v) is 2.93. The van der Waals surface area contributed by atoms with Crippen molar-refractivity contribution in [3.8, 4) is 5.75 Å². The average Bonchev–Trinajstić information content (AvgIpc) is 2.55. The molecule has 3 rings (SSSR count). The molecule has 1 amide bonds. The predicted molar refractivity (Wildman–Crippen MR) is 86.2 cm³/mol. The zero-order chi connectivity index (χ0) is 15.4. The summed E-state index contributed by atoms with van der Waals surface area (Å²) in [7, 11) is 1.62. The number of carbonyl (C=O) groups excluding carboxylic acids is 1. The molecule has 0 spiro atoms. The van der Waals surface area contributed by atoms with Gasteiger partial charge in [-0.25, -0.2) is 0 Å². The fourth-order valence-electron chi connectivity index (χ4n) is 2.93. The van der Waals surface area contributed by atoms with Crippen LogP contribution in [0.3, 0.4) is 0 Å². The number of hydrogen-bond acceptors (Lipinski definition) is 2. The third-order valence-corrected chi connectivity index (χ3v) is 4.07. The smallest absolute Gasteiger partial charge is 0.279 e. The number of nitrogens with one attached hydrogen (secondary N) is 2. The summed E-state index contributed by atoms with van der Waals surface area (Å²) in [5.41, 5.74) is 3.55. The van der Waals surface area contributed by atoms with Crippen LogP contribution in [0.25, 0.3) is 0 Å². The monoisotopic (exact) mass is 297 g/mol. The molecule has 4 nitrogen and oxygen atoms in total. The topological polar surface area (TPSA) is 42.8 Å². The molecule has 0 aromatic heterocycles. The van der Waals surface area contributed by atoms with Gasteiger partial charge in [0.2, 0.25) is 0 Å². The Balaban J connectivity index is 1.58. The Morgan fingerprint density at radius 1 is 1.18 bits per heavy atom. The van der Waals surface area contributed by atoms with Crippen molar-refractivity contribution in [1.29, 1.82) is 0 Å². The lowest BCUT2D eigenvalue weighted by molar-refractivity contribution is -0.907. The zero-order valence-corrected chi connectivity index (χ0v) is 12.8. The Morgan fingerprint density at radius 3 is 2.82 bits per heavy atom. The Hall–Kier alpha value is -2.33. The molecule has 2 N–H and O–H groups in total. The van der Waals surface area contributed by atoms with E-state index in [9.17, 15) is 4.79 Å². The quantitative estimate of drug-likeness (QED) is 0.892. The molecular formula is C18H21N2O2+. The maximum atomic E-state index is 12.2. The lowest BCUT2D eigenvalue weighted by Gasteiger charge is -2.25. The van der Waals surface area contributed by atoms with Gasteiger partial charge in [-0.3, -0.25) is 4.79 Å². The van der Waals surface area contributed by atoms with Crippen LogP contribution in [0, 0.1) is 0 Å². The summed E-state index contributed by atoms with van der Waals surface area (Å²) in [5, 5.41) is 2.95. The van der Waals surface area contributed by atoms with Gasteiger partial charge in [0.1, 0.15) is 12.3 Å². The van der Waals surface area contributed by atoms with Crippen molar-refractivity contribution in [2.45, 2.75) is 13.0 Å². The Labute approximate surface area is 130 Å². The van der Waals surface area contributed by atoms with Gasteiger partial charge >= 0.3 is 0 Å². The van der Waals surface area contributed by atoms with E-state index in [-0.39, 0.29) is 5.91 Å². The zero-order valence-electron chi connectivity index (χ0n) is 12.8. The number of quaternary nitrogens is 1. The maximum absolute atomic E-state index is 12.2. The van der Waals surface area contributed by atoms with Crippen LogP contribution in [-0.2, 0) is 17.8 Å². The third-order valence-electron chi connectivity index (χ3n) is 4.07. The standard InChI is InChI=1S/C18H20N2O2/c1-22-17-8-4-7-16(11-17)19-18(21)13-20-10-9-14-5-2-3-6-15(14)12-20/h2-8,11H,9-10,12-13H2,1H3,(H,19,21)/p+1. The lowest BCUT2D eigenvalue weighted by Crippen LogP contribution is -3.12. The van der Waals surface area contributed by atoms with Gasteiger partial charge in [0.15, 0.2) is 6.54 Å². The SMILES string of the molecule is COc1cccc(NC(=O)C[NH+]2CCc3ccccc3C2)c1. The molecule has 22 heavy (non-hydrogen) atoms. The van der Waals surface area contributed by atoms with Gasteiger partial charge in [-0.1, -0.05) is 30.3 Å². The Bertz CT molecular complexity index is 670. The second-order valence-electron chi connectivity index (χ2n) is 5.65. The molecule has 0 bridgehead atoms. The molecule has 2 aromatic carbocycles. The van der Waals surface area contributed by atoms with Crippen molar-refractivity contribution in [2.75, 3.05) is 25.5 Å². The highest BCUT2D eigenvalue weighted by atomic mass is 16.5. The largest absolute Gasteiger partial charge is 0.497 e. The van der Waals surface area contributed by atoms with Crippen molar-refractivity contribution >= 4 is 11.6 Å². The van der Waals surface area contributed by atoms with E-state index >= 15 is 0 Å². The van der Waals surface area contributed by atoms with Crippen molar-refractivity contribution in [2.24, 2.45) is 0 Å². The minimum Gasteiger partial charge on any atom is -0.497 e.